The van der Waals surface area contributed by atoms with Crippen LogP contribution in [0.4, 0.5) is 8.78 Å². The molecule has 0 aliphatic carbocycles. The van der Waals surface area contributed by atoms with Crippen molar-refractivity contribution in [3.05, 3.63) is 108 Å². The minimum absolute atomic E-state index is 0.541. The van der Waals surface area contributed by atoms with Crippen molar-refractivity contribution in [1.82, 2.24) is 9.29 Å². The summed E-state index contributed by atoms with van der Waals surface area (Å²) in [6, 6.07) is 21.0. The van der Waals surface area contributed by atoms with Crippen LogP contribution in [0.5, 0.6) is 11.5 Å². The van der Waals surface area contributed by atoms with Crippen LogP contribution in [-0.2, 0) is 21.9 Å². The van der Waals surface area contributed by atoms with E-state index >= 15 is 0 Å². The Bertz CT molecular complexity index is 1790. The second kappa shape index (κ2) is 9.51. The van der Waals surface area contributed by atoms with Gasteiger partial charge in [-0.05, 0) is 53.2 Å². The highest BCUT2D eigenvalue weighted by atomic mass is 32.2. The highest BCUT2D eigenvalue weighted by Crippen LogP contribution is 2.35. The maximum atomic E-state index is 13.4. The van der Waals surface area contributed by atoms with E-state index in [-0.39, 0.29) is 0 Å². The average molecular weight is 519 g/mol. The zero-order valence-electron chi connectivity index (χ0n) is 19.5. The van der Waals surface area contributed by atoms with Gasteiger partial charge in [0.2, 0.25) is 0 Å². The standard InChI is InChI=1S/C28H20F2N2O4S/c1-32-17-20(10-12-27(33)31-37(34,35)24-15-21(29)14-22(30)16-24)28-25(32)7-4-8-26(28)36-23-11-9-18-5-2-3-6-19(18)13-23/h2-17H,1H3,(H,31,33)/b12-10+. The second-order valence-corrected chi connectivity index (χ2v) is 10.0. The summed E-state index contributed by atoms with van der Waals surface area (Å²) in [6.07, 6.45) is 4.26. The lowest BCUT2D eigenvalue weighted by Gasteiger charge is -2.09. The predicted molar refractivity (Wildman–Crippen MR) is 138 cm³/mol. The lowest BCUT2D eigenvalue weighted by atomic mass is 10.1. The van der Waals surface area contributed by atoms with Gasteiger partial charge in [0.25, 0.3) is 15.9 Å². The van der Waals surface area contributed by atoms with Crippen molar-refractivity contribution in [2.75, 3.05) is 0 Å². The van der Waals surface area contributed by atoms with Crippen molar-refractivity contribution in [2.45, 2.75) is 4.90 Å². The number of aromatic nitrogens is 1. The number of halogens is 2. The summed E-state index contributed by atoms with van der Waals surface area (Å²) in [5.74, 6) is -1.93. The molecule has 9 heteroatoms. The third-order valence-corrected chi connectivity index (χ3v) is 7.08. The largest absolute Gasteiger partial charge is 0.457 e. The molecule has 37 heavy (non-hydrogen) atoms. The number of sulfonamides is 1. The van der Waals surface area contributed by atoms with Crippen LogP contribution >= 0.6 is 0 Å². The van der Waals surface area contributed by atoms with Crippen molar-refractivity contribution in [2.24, 2.45) is 7.05 Å². The third kappa shape index (κ3) is 5.07. The van der Waals surface area contributed by atoms with Crippen LogP contribution in [-0.4, -0.2) is 18.9 Å². The van der Waals surface area contributed by atoms with Crippen LogP contribution < -0.4 is 9.46 Å². The summed E-state index contributed by atoms with van der Waals surface area (Å²) in [6.45, 7) is 0. The van der Waals surface area contributed by atoms with Gasteiger partial charge in [-0.25, -0.2) is 21.9 Å². The molecular formula is C28H20F2N2O4S. The van der Waals surface area contributed by atoms with Gasteiger partial charge in [-0.2, -0.15) is 0 Å². The summed E-state index contributed by atoms with van der Waals surface area (Å²) < 4.78 is 61.5. The molecule has 0 spiro atoms. The van der Waals surface area contributed by atoms with E-state index in [1.54, 1.807) is 17.0 Å². The van der Waals surface area contributed by atoms with Gasteiger partial charge in [0.05, 0.1) is 10.4 Å². The van der Waals surface area contributed by atoms with Gasteiger partial charge >= 0.3 is 0 Å². The highest BCUT2D eigenvalue weighted by Gasteiger charge is 2.19. The first kappa shape index (κ1) is 24.2. The Morgan fingerprint density at radius 2 is 1.65 bits per heavy atom. The fraction of sp³-hybridized carbons (Fsp3) is 0.0357. The lowest BCUT2D eigenvalue weighted by molar-refractivity contribution is -0.114. The second-order valence-electron chi connectivity index (χ2n) is 8.36. The number of hydrogen-bond acceptors (Lipinski definition) is 4. The quantitative estimate of drug-likeness (QED) is 0.283. The predicted octanol–water partition coefficient (Wildman–Crippen LogP) is 5.92. The van der Waals surface area contributed by atoms with E-state index in [2.05, 4.69) is 0 Å². The summed E-state index contributed by atoms with van der Waals surface area (Å²) in [4.78, 5) is 11.7. The molecule has 1 aromatic heterocycles. The van der Waals surface area contributed by atoms with Crippen LogP contribution in [0.3, 0.4) is 0 Å². The number of nitrogens with one attached hydrogen (secondary N) is 1. The van der Waals surface area contributed by atoms with E-state index in [1.165, 1.54) is 6.08 Å². The average Bonchev–Trinajstić information content (AvgIpc) is 3.18. The van der Waals surface area contributed by atoms with Gasteiger partial charge in [-0.15, -0.1) is 0 Å². The van der Waals surface area contributed by atoms with Crippen LogP contribution in [0, 0.1) is 11.6 Å². The minimum atomic E-state index is -4.47. The minimum Gasteiger partial charge on any atom is -0.457 e. The number of carbonyl (C=O) groups excluding carboxylic acids is 1. The first-order chi connectivity index (χ1) is 17.7. The Labute approximate surface area is 211 Å². The maximum absolute atomic E-state index is 13.4. The van der Waals surface area contributed by atoms with Gasteiger partial charge < -0.3 is 9.30 Å². The Morgan fingerprint density at radius 3 is 2.41 bits per heavy atom. The molecule has 0 fully saturated rings. The van der Waals surface area contributed by atoms with Crippen LogP contribution in [0.25, 0.3) is 27.8 Å². The van der Waals surface area contributed by atoms with E-state index in [4.69, 9.17) is 4.74 Å². The van der Waals surface area contributed by atoms with Crippen molar-refractivity contribution in [3.8, 4) is 11.5 Å². The molecule has 186 valence electrons. The Morgan fingerprint density at radius 1 is 0.919 bits per heavy atom. The molecule has 0 aliphatic heterocycles. The molecule has 6 nitrogen and oxygen atoms in total. The topological polar surface area (TPSA) is 77.4 Å². The van der Waals surface area contributed by atoms with Crippen molar-refractivity contribution < 1.29 is 26.7 Å². The van der Waals surface area contributed by atoms with Crippen molar-refractivity contribution in [1.29, 1.82) is 0 Å². The molecule has 0 saturated heterocycles. The zero-order chi connectivity index (χ0) is 26.2. The van der Waals surface area contributed by atoms with Crippen LogP contribution in [0.15, 0.2) is 96.0 Å². The first-order valence-corrected chi connectivity index (χ1v) is 12.6. The molecular weight excluding hydrogens is 498 g/mol. The third-order valence-electron chi connectivity index (χ3n) is 5.75. The lowest BCUT2D eigenvalue weighted by Crippen LogP contribution is -2.29. The van der Waals surface area contributed by atoms with Gasteiger partial charge in [0.15, 0.2) is 0 Å². The number of amides is 1. The van der Waals surface area contributed by atoms with Crippen molar-refractivity contribution >= 4 is 43.7 Å². The van der Waals surface area contributed by atoms with Gasteiger partial charge in [-0.3, -0.25) is 4.79 Å². The zero-order valence-corrected chi connectivity index (χ0v) is 20.3. The summed E-state index contributed by atoms with van der Waals surface area (Å²) >= 11 is 0. The van der Waals surface area contributed by atoms with Gasteiger partial charge in [-0.1, -0.05) is 36.4 Å². The molecule has 1 amide bonds. The molecule has 5 aromatic rings. The highest BCUT2D eigenvalue weighted by molar-refractivity contribution is 7.90. The van der Waals surface area contributed by atoms with Gasteiger partial charge in [0, 0.05) is 36.3 Å². The SMILES string of the molecule is Cn1cc(/C=C/C(=O)NS(=O)(=O)c2cc(F)cc(F)c2)c2c(Oc3ccc4ccccc4c3)cccc21. The number of nitrogens with zero attached hydrogens (tertiary/aromatic N) is 1. The van der Waals surface area contributed by atoms with Crippen molar-refractivity contribution in [3.63, 3.8) is 0 Å². The van der Waals surface area contributed by atoms with E-state index in [0.29, 0.717) is 35.3 Å². The Balaban J connectivity index is 1.43. The fourth-order valence-electron chi connectivity index (χ4n) is 4.09. The summed E-state index contributed by atoms with van der Waals surface area (Å²) in [5.41, 5.74) is 1.44. The molecule has 0 bridgehead atoms. The number of rotatable bonds is 6. The van der Waals surface area contributed by atoms with Crippen LogP contribution in [0.1, 0.15) is 5.56 Å². The molecule has 1 N–H and O–H groups in total. The van der Waals surface area contributed by atoms with E-state index in [0.717, 1.165) is 27.8 Å². The fourth-order valence-corrected chi connectivity index (χ4v) is 5.08. The number of aryl methyl sites for hydroxylation is 1. The maximum Gasteiger partial charge on any atom is 0.264 e. The normalized spacial score (nSPS) is 11.9. The molecule has 0 saturated carbocycles. The molecule has 0 unspecified atom stereocenters. The number of fused-ring (bicyclic) bond motifs is 2. The van der Waals surface area contributed by atoms with E-state index in [1.807, 2.05) is 66.2 Å². The molecule has 0 aliphatic rings. The summed E-state index contributed by atoms with van der Waals surface area (Å²) in [5, 5.41) is 2.83. The Hall–Kier alpha value is -4.50. The monoisotopic (exact) mass is 518 g/mol. The number of ether oxygens (including phenoxy) is 1. The number of carbonyl (C=O) groups is 1. The molecule has 5 rings (SSSR count). The van der Waals surface area contributed by atoms with E-state index < -0.39 is 32.5 Å². The molecule has 1 heterocycles. The van der Waals surface area contributed by atoms with E-state index in [9.17, 15) is 22.0 Å². The van der Waals surface area contributed by atoms with Gasteiger partial charge in [0.1, 0.15) is 23.1 Å². The smallest absolute Gasteiger partial charge is 0.264 e. The molecule has 0 atom stereocenters. The number of hydrogen-bond donors (Lipinski definition) is 1. The number of benzene rings is 4. The Kier molecular flexibility index (Phi) is 6.22. The first-order valence-electron chi connectivity index (χ1n) is 11.2. The van der Waals surface area contributed by atoms with Crippen LogP contribution in [0.2, 0.25) is 0 Å². The molecule has 0 radical (unpaired) electrons. The molecule has 4 aromatic carbocycles. The summed E-state index contributed by atoms with van der Waals surface area (Å²) in [7, 11) is -2.64.